The van der Waals surface area contributed by atoms with E-state index in [1.165, 1.54) is 30.4 Å². The quantitative estimate of drug-likeness (QED) is 0.903. The second-order valence-corrected chi connectivity index (χ2v) is 5.78. The fourth-order valence-electron chi connectivity index (χ4n) is 3.36. The molecule has 1 aromatic carbocycles. The Morgan fingerprint density at radius 2 is 1.89 bits per heavy atom. The topological polar surface area (TPSA) is 40.5 Å². The van der Waals surface area contributed by atoms with Gasteiger partial charge in [0.1, 0.15) is 0 Å². The van der Waals surface area contributed by atoms with E-state index in [1.54, 1.807) is 0 Å². The molecule has 1 fully saturated rings. The molecule has 2 aliphatic rings. The summed E-state index contributed by atoms with van der Waals surface area (Å²) in [6, 6.07) is 6.30. The third-order valence-corrected chi connectivity index (χ3v) is 4.46. The number of hydrogen-bond acceptors (Lipinski definition) is 2. The number of fused-ring (bicyclic) bond motifs is 1. The van der Waals surface area contributed by atoms with Gasteiger partial charge in [-0.1, -0.05) is 18.2 Å². The number of likely N-dealkylation sites (tertiary alicyclic amines) is 1. The molecule has 1 unspecified atom stereocenters. The Labute approximate surface area is 114 Å². The second kappa shape index (κ2) is 5.33. The number of carbonyl (C=O) groups is 1. The Morgan fingerprint density at radius 1 is 1.16 bits per heavy atom. The van der Waals surface area contributed by atoms with Crippen LogP contribution in [0.2, 0.25) is 0 Å². The molecule has 0 aromatic heterocycles. The molecule has 1 saturated heterocycles. The van der Waals surface area contributed by atoms with Crippen LogP contribution >= 0.6 is 0 Å². The fraction of sp³-hybridized carbons (Fsp3) is 0.562. The highest BCUT2D eigenvalue weighted by molar-refractivity contribution is 5.76. The summed E-state index contributed by atoms with van der Waals surface area (Å²) in [4.78, 5) is 13.8. The summed E-state index contributed by atoms with van der Waals surface area (Å²) < 4.78 is 0. The van der Waals surface area contributed by atoms with Crippen LogP contribution in [0.1, 0.15) is 41.9 Å². The normalized spacial score (nSPS) is 20.4. The van der Waals surface area contributed by atoms with Crippen LogP contribution in [-0.4, -0.2) is 35.6 Å². The smallest absolute Gasteiger partial charge is 0.312 e. The van der Waals surface area contributed by atoms with Gasteiger partial charge in [-0.15, -0.1) is 0 Å². The highest BCUT2D eigenvalue weighted by Crippen LogP contribution is 2.27. The first kappa shape index (κ1) is 12.7. The van der Waals surface area contributed by atoms with E-state index in [1.807, 2.05) is 6.07 Å². The van der Waals surface area contributed by atoms with Gasteiger partial charge in [0.05, 0.1) is 5.92 Å². The van der Waals surface area contributed by atoms with Gasteiger partial charge >= 0.3 is 5.97 Å². The van der Waals surface area contributed by atoms with Gasteiger partial charge in [-0.05, 0) is 61.9 Å². The summed E-state index contributed by atoms with van der Waals surface area (Å²) in [7, 11) is 0. The zero-order valence-corrected chi connectivity index (χ0v) is 11.3. The number of nitrogens with zero attached hydrogens (tertiary/aromatic N) is 1. The second-order valence-electron chi connectivity index (χ2n) is 5.78. The van der Waals surface area contributed by atoms with Gasteiger partial charge in [-0.2, -0.15) is 0 Å². The van der Waals surface area contributed by atoms with Crippen LogP contribution in [0.5, 0.6) is 0 Å². The molecule has 3 rings (SSSR count). The zero-order valence-electron chi connectivity index (χ0n) is 11.3. The molecule has 102 valence electrons. The Balaban J connectivity index is 1.81. The molecule has 1 aliphatic heterocycles. The molecule has 1 aliphatic carbocycles. The van der Waals surface area contributed by atoms with Crippen molar-refractivity contribution in [2.45, 2.75) is 38.0 Å². The highest BCUT2D eigenvalue weighted by atomic mass is 16.4. The van der Waals surface area contributed by atoms with Gasteiger partial charge in [0.15, 0.2) is 0 Å². The van der Waals surface area contributed by atoms with Crippen LogP contribution in [0.25, 0.3) is 0 Å². The average molecular weight is 259 g/mol. The number of carboxylic acids is 1. The minimum Gasteiger partial charge on any atom is -0.481 e. The third kappa shape index (κ3) is 2.66. The van der Waals surface area contributed by atoms with Crippen molar-refractivity contribution in [2.24, 2.45) is 0 Å². The van der Waals surface area contributed by atoms with Crippen molar-refractivity contribution in [1.29, 1.82) is 0 Å². The van der Waals surface area contributed by atoms with E-state index in [4.69, 9.17) is 0 Å². The summed E-state index contributed by atoms with van der Waals surface area (Å²) in [5, 5.41) is 9.51. The van der Waals surface area contributed by atoms with Crippen LogP contribution in [0.3, 0.4) is 0 Å². The van der Waals surface area contributed by atoms with Crippen molar-refractivity contribution in [2.75, 3.05) is 19.6 Å². The fourth-order valence-corrected chi connectivity index (χ4v) is 3.36. The van der Waals surface area contributed by atoms with E-state index in [0.717, 1.165) is 31.5 Å². The maximum atomic E-state index is 11.6. The highest BCUT2D eigenvalue weighted by Gasteiger charge is 2.25. The van der Waals surface area contributed by atoms with Gasteiger partial charge in [-0.3, -0.25) is 4.79 Å². The van der Waals surface area contributed by atoms with Crippen LogP contribution in [-0.2, 0) is 17.6 Å². The predicted molar refractivity (Wildman–Crippen MR) is 74.5 cm³/mol. The van der Waals surface area contributed by atoms with Crippen LogP contribution in [0, 0.1) is 0 Å². The third-order valence-electron chi connectivity index (χ3n) is 4.46. The first-order valence-electron chi connectivity index (χ1n) is 7.31. The molecular weight excluding hydrogens is 238 g/mol. The van der Waals surface area contributed by atoms with Gasteiger partial charge in [0, 0.05) is 6.54 Å². The summed E-state index contributed by atoms with van der Waals surface area (Å²) in [5.41, 5.74) is 3.76. The summed E-state index contributed by atoms with van der Waals surface area (Å²) in [5.74, 6) is -1.06. The minimum atomic E-state index is -0.690. The molecule has 3 nitrogen and oxygen atoms in total. The van der Waals surface area contributed by atoms with Gasteiger partial charge in [0.2, 0.25) is 0 Å². The van der Waals surface area contributed by atoms with Crippen molar-refractivity contribution in [3.8, 4) is 0 Å². The molecular formula is C16H21NO2. The van der Waals surface area contributed by atoms with Crippen molar-refractivity contribution < 1.29 is 9.90 Å². The molecule has 1 N–H and O–H groups in total. The molecule has 1 heterocycles. The predicted octanol–water partition coefficient (Wildman–Crippen LogP) is 2.44. The SMILES string of the molecule is O=C(O)C(CN1CCCC1)c1ccc2c(c1)CCC2. The van der Waals surface area contributed by atoms with Gasteiger partial charge in [-0.25, -0.2) is 0 Å². The number of hydrogen-bond donors (Lipinski definition) is 1. The van der Waals surface area contributed by atoms with Crippen LogP contribution in [0.4, 0.5) is 0 Å². The van der Waals surface area contributed by atoms with Gasteiger partial charge < -0.3 is 10.0 Å². The molecule has 3 heteroatoms. The molecule has 0 saturated carbocycles. The van der Waals surface area contributed by atoms with Crippen molar-refractivity contribution >= 4 is 5.97 Å². The van der Waals surface area contributed by atoms with E-state index in [-0.39, 0.29) is 5.92 Å². The lowest BCUT2D eigenvalue weighted by molar-refractivity contribution is -0.139. The molecule has 0 radical (unpaired) electrons. The molecule has 1 aromatic rings. The lowest BCUT2D eigenvalue weighted by Gasteiger charge is -2.21. The zero-order chi connectivity index (χ0) is 13.2. The first-order chi connectivity index (χ1) is 9.24. The summed E-state index contributed by atoms with van der Waals surface area (Å²) >= 11 is 0. The maximum Gasteiger partial charge on any atom is 0.312 e. The molecule has 1 atom stereocenters. The Morgan fingerprint density at radius 3 is 2.63 bits per heavy atom. The number of carboxylic acid groups (broad SMARTS) is 1. The van der Waals surface area contributed by atoms with E-state index < -0.39 is 5.97 Å². The number of aliphatic carboxylic acids is 1. The van der Waals surface area contributed by atoms with Gasteiger partial charge in [0.25, 0.3) is 0 Å². The van der Waals surface area contributed by atoms with E-state index in [0.29, 0.717) is 6.54 Å². The van der Waals surface area contributed by atoms with E-state index in [2.05, 4.69) is 17.0 Å². The first-order valence-corrected chi connectivity index (χ1v) is 7.31. The summed E-state index contributed by atoms with van der Waals surface area (Å²) in [6.07, 6.45) is 5.88. The average Bonchev–Trinajstić information content (AvgIpc) is 3.05. The Kier molecular flexibility index (Phi) is 3.56. The number of rotatable bonds is 4. The Hall–Kier alpha value is -1.35. The minimum absolute atomic E-state index is 0.371. The lowest BCUT2D eigenvalue weighted by Crippen LogP contribution is -2.29. The number of benzene rings is 1. The lowest BCUT2D eigenvalue weighted by atomic mass is 9.95. The maximum absolute atomic E-state index is 11.6. The van der Waals surface area contributed by atoms with Crippen LogP contribution < -0.4 is 0 Å². The standard InChI is InChI=1S/C16H21NO2/c18-16(19)15(11-17-8-1-2-9-17)14-7-6-12-4-3-5-13(12)10-14/h6-7,10,15H,1-5,8-9,11H2,(H,18,19). The molecule has 19 heavy (non-hydrogen) atoms. The van der Waals surface area contributed by atoms with E-state index in [9.17, 15) is 9.90 Å². The molecule has 0 amide bonds. The molecule has 0 spiro atoms. The van der Waals surface area contributed by atoms with Crippen molar-refractivity contribution in [1.82, 2.24) is 4.90 Å². The monoisotopic (exact) mass is 259 g/mol. The van der Waals surface area contributed by atoms with Crippen LogP contribution in [0.15, 0.2) is 18.2 Å². The molecule has 0 bridgehead atoms. The van der Waals surface area contributed by atoms with E-state index >= 15 is 0 Å². The Bertz CT molecular complexity index is 478. The van der Waals surface area contributed by atoms with Crippen molar-refractivity contribution in [3.05, 3.63) is 34.9 Å². The largest absolute Gasteiger partial charge is 0.481 e. The van der Waals surface area contributed by atoms with Crippen molar-refractivity contribution in [3.63, 3.8) is 0 Å². The number of aryl methyl sites for hydroxylation is 2. The summed E-state index contributed by atoms with van der Waals surface area (Å²) in [6.45, 7) is 2.76.